The second kappa shape index (κ2) is 6.93. The van der Waals surface area contributed by atoms with Gasteiger partial charge in [-0.15, -0.1) is 0 Å². The topological polar surface area (TPSA) is 12.0 Å². The summed E-state index contributed by atoms with van der Waals surface area (Å²) in [6, 6.07) is 0.831. The summed E-state index contributed by atoms with van der Waals surface area (Å²) in [5, 5.41) is 3.95. The van der Waals surface area contributed by atoms with Crippen molar-refractivity contribution in [1.29, 1.82) is 0 Å². The first-order valence-electron chi connectivity index (χ1n) is 8.44. The average Bonchev–Trinajstić information content (AvgIpc) is 2.63. The van der Waals surface area contributed by atoms with Crippen molar-refractivity contribution in [1.82, 2.24) is 5.32 Å². The lowest BCUT2D eigenvalue weighted by atomic mass is 9.78. The second-order valence-electron chi connectivity index (χ2n) is 7.37. The average molecular weight is 251 g/mol. The zero-order valence-electron chi connectivity index (χ0n) is 12.6. The molecule has 2 rings (SSSR count). The highest BCUT2D eigenvalue weighted by molar-refractivity contribution is 4.88. The molecule has 0 spiro atoms. The van der Waals surface area contributed by atoms with Gasteiger partial charge < -0.3 is 5.32 Å². The third-order valence-electron chi connectivity index (χ3n) is 5.13. The van der Waals surface area contributed by atoms with E-state index in [4.69, 9.17) is 0 Å². The summed E-state index contributed by atoms with van der Waals surface area (Å²) >= 11 is 0. The molecule has 0 aromatic carbocycles. The van der Waals surface area contributed by atoms with Crippen molar-refractivity contribution in [2.45, 2.75) is 90.5 Å². The maximum absolute atomic E-state index is 3.95. The minimum Gasteiger partial charge on any atom is -0.313 e. The fraction of sp³-hybridized carbons (Fsp3) is 1.00. The Morgan fingerprint density at radius 1 is 0.944 bits per heavy atom. The van der Waals surface area contributed by atoms with Crippen LogP contribution in [0.2, 0.25) is 0 Å². The molecule has 106 valence electrons. The summed E-state index contributed by atoms with van der Waals surface area (Å²) in [4.78, 5) is 0. The predicted molar refractivity (Wildman–Crippen MR) is 79.8 cm³/mol. The lowest BCUT2D eigenvalue weighted by Gasteiger charge is -2.33. The Hall–Kier alpha value is -0.0400. The van der Waals surface area contributed by atoms with E-state index in [-0.39, 0.29) is 0 Å². The minimum absolute atomic E-state index is 0.653. The predicted octanol–water partition coefficient (Wildman–Crippen LogP) is 4.91. The third kappa shape index (κ3) is 4.26. The number of nitrogens with one attached hydrogen (secondary N) is 1. The Balaban J connectivity index is 1.81. The molecule has 2 saturated carbocycles. The van der Waals surface area contributed by atoms with Gasteiger partial charge in [-0.2, -0.15) is 0 Å². The summed E-state index contributed by atoms with van der Waals surface area (Å²) in [5.41, 5.74) is 0.653. The van der Waals surface area contributed by atoms with Crippen LogP contribution in [0.3, 0.4) is 0 Å². The van der Waals surface area contributed by atoms with Gasteiger partial charge in [0.2, 0.25) is 0 Å². The van der Waals surface area contributed by atoms with Crippen molar-refractivity contribution >= 4 is 0 Å². The molecular weight excluding hydrogens is 218 g/mol. The summed E-state index contributed by atoms with van der Waals surface area (Å²) in [6.45, 7) is 6.09. The van der Waals surface area contributed by atoms with Crippen molar-refractivity contribution in [3.8, 4) is 0 Å². The van der Waals surface area contributed by atoms with Gasteiger partial charge in [0, 0.05) is 12.6 Å². The molecule has 1 N–H and O–H groups in total. The molecule has 0 heterocycles. The maximum atomic E-state index is 3.95. The number of rotatable bonds is 5. The first-order valence-corrected chi connectivity index (χ1v) is 8.44. The Morgan fingerprint density at radius 2 is 1.56 bits per heavy atom. The van der Waals surface area contributed by atoms with Crippen LogP contribution in [0.25, 0.3) is 0 Å². The fourth-order valence-electron chi connectivity index (χ4n) is 4.29. The molecule has 0 unspecified atom stereocenters. The van der Waals surface area contributed by atoms with Crippen LogP contribution < -0.4 is 5.32 Å². The van der Waals surface area contributed by atoms with E-state index < -0.39 is 0 Å². The van der Waals surface area contributed by atoms with Crippen molar-refractivity contribution in [3.63, 3.8) is 0 Å². The second-order valence-corrected chi connectivity index (χ2v) is 7.37. The molecular formula is C17H33N. The van der Waals surface area contributed by atoms with Crippen LogP contribution >= 0.6 is 0 Å². The first kappa shape index (κ1) is 14.4. The smallest absolute Gasteiger partial charge is 0.00672 e. The Labute approximate surface area is 114 Å². The molecule has 1 heteroatoms. The van der Waals surface area contributed by atoms with Crippen molar-refractivity contribution in [3.05, 3.63) is 0 Å². The summed E-state index contributed by atoms with van der Waals surface area (Å²) in [6.07, 6.45) is 16.0. The van der Waals surface area contributed by atoms with E-state index in [1.54, 1.807) is 0 Å². The van der Waals surface area contributed by atoms with E-state index in [1.165, 1.54) is 77.2 Å². The summed E-state index contributed by atoms with van der Waals surface area (Å²) in [5.74, 6) is 0.860. The van der Waals surface area contributed by atoms with Crippen LogP contribution in [0, 0.1) is 11.3 Å². The van der Waals surface area contributed by atoms with Gasteiger partial charge in [0.05, 0.1) is 0 Å². The lowest BCUT2D eigenvalue weighted by molar-refractivity contribution is 0.211. The van der Waals surface area contributed by atoms with Gasteiger partial charge >= 0.3 is 0 Å². The van der Waals surface area contributed by atoms with E-state index in [0.717, 1.165) is 12.0 Å². The van der Waals surface area contributed by atoms with Gasteiger partial charge in [-0.05, 0) is 43.4 Å². The molecule has 2 aliphatic rings. The maximum Gasteiger partial charge on any atom is 0.00672 e. The molecule has 2 aliphatic carbocycles. The first-order chi connectivity index (χ1) is 8.70. The molecule has 0 saturated heterocycles. The van der Waals surface area contributed by atoms with Crippen molar-refractivity contribution in [2.75, 3.05) is 6.54 Å². The van der Waals surface area contributed by atoms with Crippen LogP contribution in [0.15, 0.2) is 0 Å². The third-order valence-corrected chi connectivity index (χ3v) is 5.13. The number of hydrogen-bond donors (Lipinski definition) is 1. The van der Waals surface area contributed by atoms with E-state index in [0.29, 0.717) is 5.41 Å². The Bertz CT molecular complexity index is 220. The normalized spacial score (nSPS) is 25.5. The fourth-order valence-corrected chi connectivity index (χ4v) is 4.29. The monoisotopic (exact) mass is 251 g/mol. The van der Waals surface area contributed by atoms with Crippen LogP contribution in [-0.2, 0) is 0 Å². The number of hydrogen-bond acceptors (Lipinski definition) is 1. The van der Waals surface area contributed by atoms with Crippen molar-refractivity contribution in [2.24, 2.45) is 11.3 Å². The van der Waals surface area contributed by atoms with Gasteiger partial charge in [0.1, 0.15) is 0 Å². The Kier molecular flexibility index (Phi) is 5.54. The molecule has 0 aliphatic heterocycles. The van der Waals surface area contributed by atoms with Gasteiger partial charge in [-0.3, -0.25) is 0 Å². The van der Waals surface area contributed by atoms with E-state index >= 15 is 0 Å². The molecule has 0 amide bonds. The standard InChI is InChI=1S/C17H33N/c1-15(2)13-17(11-7-8-12-17)14-18-16-9-5-3-4-6-10-16/h15-16,18H,3-14H2,1-2H3. The Morgan fingerprint density at radius 3 is 2.11 bits per heavy atom. The minimum atomic E-state index is 0.653. The van der Waals surface area contributed by atoms with E-state index in [9.17, 15) is 0 Å². The highest BCUT2D eigenvalue weighted by atomic mass is 14.9. The van der Waals surface area contributed by atoms with Crippen molar-refractivity contribution < 1.29 is 0 Å². The van der Waals surface area contributed by atoms with Gasteiger partial charge in [-0.25, -0.2) is 0 Å². The molecule has 0 radical (unpaired) electrons. The molecule has 0 bridgehead atoms. The summed E-state index contributed by atoms with van der Waals surface area (Å²) < 4.78 is 0. The largest absolute Gasteiger partial charge is 0.313 e. The SMILES string of the molecule is CC(C)CC1(CNC2CCCCCC2)CCCC1. The van der Waals surface area contributed by atoms with Crippen LogP contribution in [0.4, 0.5) is 0 Å². The van der Waals surface area contributed by atoms with Gasteiger partial charge in [0.25, 0.3) is 0 Å². The van der Waals surface area contributed by atoms with E-state index in [2.05, 4.69) is 19.2 Å². The van der Waals surface area contributed by atoms with Crippen LogP contribution in [-0.4, -0.2) is 12.6 Å². The molecule has 0 aromatic heterocycles. The highest BCUT2D eigenvalue weighted by Gasteiger charge is 2.34. The molecule has 18 heavy (non-hydrogen) atoms. The van der Waals surface area contributed by atoms with Gasteiger partial charge in [0.15, 0.2) is 0 Å². The zero-order chi connectivity index (χ0) is 12.8. The lowest BCUT2D eigenvalue weighted by Crippen LogP contribution is -2.39. The van der Waals surface area contributed by atoms with E-state index in [1.807, 2.05) is 0 Å². The van der Waals surface area contributed by atoms with Gasteiger partial charge in [-0.1, -0.05) is 52.4 Å². The molecule has 0 atom stereocenters. The zero-order valence-corrected chi connectivity index (χ0v) is 12.6. The summed E-state index contributed by atoms with van der Waals surface area (Å²) in [7, 11) is 0. The molecule has 2 fully saturated rings. The van der Waals surface area contributed by atoms with Crippen LogP contribution in [0.5, 0.6) is 0 Å². The highest BCUT2D eigenvalue weighted by Crippen LogP contribution is 2.42. The molecule has 0 aromatic rings. The molecule has 1 nitrogen and oxygen atoms in total. The van der Waals surface area contributed by atoms with Crippen LogP contribution in [0.1, 0.15) is 84.5 Å². The quantitative estimate of drug-likeness (QED) is 0.685.